The van der Waals surface area contributed by atoms with E-state index in [-0.39, 0.29) is 25.1 Å². The van der Waals surface area contributed by atoms with Crippen LogP contribution in [0.1, 0.15) is 6.42 Å². The Kier molecular flexibility index (Phi) is 4.39. The predicted molar refractivity (Wildman–Crippen MR) is 62.1 cm³/mol. The second-order valence-electron chi connectivity index (χ2n) is 3.15. The van der Waals surface area contributed by atoms with Crippen molar-refractivity contribution in [2.45, 2.75) is 6.42 Å². The molecule has 1 heterocycles. The third kappa shape index (κ3) is 2.77. The predicted octanol–water partition coefficient (Wildman–Crippen LogP) is 1.12. The largest absolute Gasteiger partial charge is 0.454 e. The Morgan fingerprint density at radius 1 is 1.38 bits per heavy atom. The number of amides is 1. The molecule has 88 valence electrons. The van der Waals surface area contributed by atoms with Gasteiger partial charge < -0.3 is 20.5 Å². The summed E-state index contributed by atoms with van der Waals surface area (Å²) in [7, 11) is 0. The first-order valence-corrected chi connectivity index (χ1v) is 4.69. The van der Waals surface area contributed by atoms with Crippen molar-refractivity contribution in [1.29, 1.82) is 0 Å². The number of nitrogens with two attached hydrogens (primary N) is 1. The number of fused-ring (bicyclic) bond motifs is 1. The first kappa shape index (κ1) is 12.6. The van der Waals surface area contributed by atoms with Crippen molar-refractivity contribution in [2.24, 2.45) is 5.73 Å². The molecule has 1 aromatic rings. The Labute approximate surface area is 99.3 Å². The molecule has 1 aromatic carbocycles. The highest BCUT2D eigenvalue weighted by molar-refractivity contribution is 5.91. The van der Waals surface area contributed by atoms with E-state index in [0.717, 1.165) is 0 Å². The normalized spacial score (nSPS) is 11.8. The summed E-state index contributed by atoms with van der Waals surface area (Å²) < 4.78 is 10.3. The van der Waals surface area contributed by atoms with E-state index in [0.29, 0.717) is 30.2 Å². The Hall–Kier alpha value is -1.46. The van der Waals surface area contributed by atoms with Gasteiger partial charge in [-0.15, -0.1) is 12.4 Å². The van der Waals surface area contributed by atoms with Gasteiger partial charge in [0.15, 0.2) is 11.5 Å². The average Bonchev–Trinajstić information content (AvgIpc) is 2.65. The Morgan fingerprint density at radius 3 is 2.88 bits per heavy atom. The van der Waals surface area contributed by atoms with Gasteiger partial charge in [-0.05, 0) is 12.1 Å². The zero-order valence-electron chi connectivity index (χ0n) is 8.56. The molecule has 0 atom stereocenters. The summed E-state index contributed by atoms with van der Waals surface area (Å²) in [5.74, 6) is 1.25. The van der Waals surface area contributed by atoms with E-state index < -0.39 is 0 Å². The second-order valence-corrected chi connectivity index (χ2v) is 3.15. The van der Waals surface area contributed by atoms with Crippen molar-refractivity contribution >= 4 is 24.0 Å². The molecule has 0 saturated carbocycles. The summed E-state index contributed by atoms with van der Waals surface area (Å²) in [5.41, 5.74) is 5.96. The molecule has 0 saturated heterocycles. The van der Waals surface area contributed by atoms with Gasteiger partial charge in [0.1, 0.15) is 0 Å². The number of benzene rings is 1. The molecule has 0 radical (unpaired) electrons. The molecule has 0 aromatic heterocycles. The quantitative estimate of drug-likeness (QED) is 0.836. The number of anilines is 1. The summed E-state index contributed by atoms with van der Waals surface area (Å²) >= 11 is 0. The molecule has 1 amide bonds. The smallest absolute Gasteiger partial charge is 0.231 e. The van der Waals surface area contributed by atoms with E-state index in [1.807, 2.05) is 0 Å². The first-order valence-electron chi connectivity index (χ1n) is 4.69. The molecule has 0 aliphatic carbocycles. The molecular weight excluding hydrogens is 232 g/mol. The minimum atomic E-state index is -0.101. The molecule has 0 fully saturated rings. The van der Waals surface area contributed by atoms with Crippen LogP contribution in [-0.2, 0) is 4.79 Å². The van der Waals surface area contributed by atoms with Crippen molar-refractivity contribution in [3.05, 3.63) is 18.2 Å². The summed E-state index contributed by atoms with van der Waals surface area (Å²) in [6.07, 6.45) is 0.314. The van der Waals surface area contributed by atoms with Gasteiger partial charge in [-0.3, -0.25) is 4.79 Å². The van der Waals surface area contributed by atoms with Crippen molar-refractivity contribution < 1.29 is 14.3 Å². The zero-order chi connectivity index (χ0) is 10.7. The molecule has 3 N–H and O–H groups in total. The lowest BCUT2D eigenvalue weighted by Gasteiger charge is -2.04. The summed E-state index contributed by atoms with van der Waals surface area (Å²) in [4.78, 5) is 11.2. The number of ether oxygens (including phenoxy) is 2. The minimum absolute atomic E-state index is 0. The molecular formula is C10H13ClN2O3. The van der Waals surface area contributed by atoms with Crippen molar-refractivity contribution in [3.8, 4) is 11.5 Å². The molecule has 2 rings (SSSR count). The monoisotopic (exact) mass is 244 g/mol. The van der Waals surface area contributed by atoms with E-state index >= 15 is 0 Å². The third-order valence-corrected chi connectivity index (χ3v) is 2.03. The lowest BCUT2D eigenvalue weighted by Crippen LogP contribution is -2.16. The van der Waals surface area contributed by atoms with Crippen LogP contribution in [0.3, 0.4) is 0 Å². The van der Waals surface area contributed by atoms with Gasteiger partial charge >= 0.3 is 0 Å². The minimum Gasteiger partial charge on any atom is -0.454 e. The highest BCUT2D eigenvalue weighted by atomic mass is 35.5. The van der Waals surface area contributed by atoms with E-state index in [4.69, 9.17) is 15.2 Å². The fraction of sp³-hybridized carbons (Fsp3) is 0.300. The maximum Gasteiger partial charge on any atom is 0.231 e. The van der Waals surface area contributed by atoms with Crippen LogP contribution in [0.4, 0.5) is 5.69 Å². The van der Waals surface area contributed by atoms with Gasteiger partial charge in [-0.1, -0.05) is 0 Å². The van der Waals surface area contributed by atoms with Crippen LogP contribution in [0.5, 0.6) is 11.5 Å². The molecule has 0 spiro atoms. The molecule has 1 aliphatic heterocycles. The molecule has 1 aliphatic rings. The maximum atomic E-state index is 11.2. The molecule has 5 nitrogen and oxygen atoms in total. The van der Waals surface area contributed by atoms with Gasteiger partial charge in [-0.2, -0.15) is 0 Å². The molecule has 0 bridgehead atoms. The van der Waals surface area contributed by atoms with Crippen LogP contribution in [-0.4, -0.2) is 19.2 Å². The molecule has 6 heteroatoms. The number of carbonyl (C=O) groups is 1. The fourth-order valence-corrected chi connectivity index (χ4v) is 1.33. The standard InChI is InChI=1S/C10H12N2O3.ClH/c11-4-3-10(13)12-7-1-2-8-9(5-7)15-6-14-8;/h1-2,5H,3-4,6,11H2,(H,12,13);1H. The van der Waals surface area contributed by atoms with Crippen LogP contribution in [0.2, 0.25) is 0 Å². The third-order valence-electron chi connectivity index (χ3n) is 2.03. The number of nitrogens with one attached hydrogen (secondary N) is 1. The maximum absolute atomic E-state index is 11.2. The highest BCUT2D eigenvalue weighted by Crippen LogP contribution is 2.34. The SMILES string of the molecule is Cl.NCCC(=O)Nc1ccc2c(c1)OCO2. The second kappa shape index (κ2) is 5.58. The zero-order valence-corrected chi connectivity index (χ0v) is 9.38. The Balaban J connectivity index is 0.00000128. The van der Waals surface area contributed by atoms with Crippen LogP contribution in [0.15, 0.2) is 18.2 Å². The van der Waals surface area contributed by atoms with Crippen LogP contribution in [0, 0.1) is 0 Å². The summed E-state index contributed by atoms with van der Waals surface area (Å²) in [6, 6.07) is 5.26. The van der Waals surface area contributed by atoms with E-state index in [9.17, 15) is 4.79 Å². The van der Waals surface area contributed by atoms with Gasteiger partial charge in [-0.25, -0.2) is 0 Å². The molecule has 0 unspecified atom stereocenters. The number of carbonyl (C=O) groups excluding carboxylic acids is 1. The number of rotatable bonds is 3. The summed E-state index contributed by atoms with van der Waals surface area (Å²) in [5, 5.41) is 2.72. The lowest BCUT2D eigenvalue weighted by molar-refractivity contribution is -0.116. The topological polar surface area (TPSA) is 73.6 Å². The fourth-order valence-electron chi connectivity index (χ4n) is 1.33. The van der Waals surface area contributed by atoms with Crippen LogP contribution >= 0.6 is 12.4 Å². The van der Waals surface area contributed by atoms with Crippen LogP contribution in [0.25, 0.3) is 0 Å². The first-order chi connectivity index (χ1) is 7.29. The van der Waals surface area contributed by atoms with E-state index in [1.54, 1.807) is 18.2 Å². The van der Waals surface area contributed by atoms with E-state index in [1.165, 1.54) is 0 Å². The average molecular weight is 245 g/mol. The van der Waals surface area contributed by atoms with Crippen molar-refractivity contribution in [1.82, 2.24) is 0 Å². The lowest BCUT2D eigenvalue weighted by atomic mass is 10.2. The molecule has 16 heavy (non-hydrogen) atoms. The Morgan fingerprint density at radius 2 is 2.12 bits per heavy atom. The Bertz CT molecular complexity index is 384. The number of hydrogen-bond donors (Lipinski definition) is 2. The number of hydrogen-bond acceptors (Lipinski definition) is 4. The number of halogens is 1. The summed E-state index contributed by atoms with van der Waals surface area (Å²) in [6.45, 7) is 0.575. The highest BCUT2D eigenvalue weighted by Gasteiger charge is 2.13. The van der Waals surface area contributed by atoms with Gasteiger partial charge in [0.05, 0.1) is 0 Å². The van der Waals surface area contributed by atoms with E-state index in [2.05, 4.69) is 5.32 Å². The van der Waals surface area contributed by atoms with Crippen molar-refractivity contribution in [3.63, 3.8) is 0 Å². The van der Waals surface area contributed by atoms with Gasteiger partial charge in [0, 0.05) is 24.7 Å². The van der Waals surface area contributed by atoms with Crippen LogP contribution < -0.4 is 20.5 Å². The van der Waals surface area contributed by atoms with Gasteiger partial charge in [0.2, 0.25) is 12.7 Å². The van der Waals surface area contributed by atoms with Gasteiger partial charge in [0.25, 0.3) is 0 Å². The van der Waals surface area contributed by atoms with Crippen molar-refractivity contribution in [2.75, 3.05) is 18.7 Å².